The molecule has 0 radical (unpaired) electrons. The van der Waals surface area contributed by atoms with Gasteiger partial charge < -0.3 is 30.1 Å². The summed E-state index contributed by atoms with van der Waals surface area (Å²) in [4.78, 5) is 20.0. The Morgan fingerprint density at radius 1 is 1.23 bits per heavy atom. The number of hydrogen-bond acceptors (Lipinski definition) is 5. The van der Waals surface area contributed by atoms with Crippen molar-refractivity contribution in [3.8, 4) is 11.5 Å². The summed E-state index contributed by atoms with van der Waals surface area (Å²) < 4.78 is 10.5. The summed E-state index contributed by atoms with van der Waals surface area (Å²) in [7, 11) is 1.50. The number of nitrogens with two attached hydrogens (primary N) is 1. The number of piperazine rings is 1. The topological polar surface area (TPSA) is 101 Å². The van der Waals surface area contributed by atoms with Crippen molar-refractivity contribution in [3.63, 3.8) is 0 Å². The lowest BCUT2D eigenvalue weighted by molar-refractivity contribution is 0.0186. The third-order valence-electron chi connectivity index (χ3n) is 3.97. The predicted molar refractivity (Wildman–Crippen MR) is 99.4 cm³/mol. The van der Waals surface area contributed by atoms with Gasteiger partial charge in [-0.15, -0.1) is 0 Å². The van der Waals surface area contributed by atoms with Gasteiger partial charge in [-0.2, -0.15) is 0 Å². The first-order chi connectivity index (χ1) is 12.2. The monoisotopic (exact) mass is 364 g/mol. The summed E-state index contributed by atoms with van der Waals surface area (Å²) in [6.45, 7) is 8.00. The molecule has 0 unspecified atom stereocenters. The van der Waals surface area contributed by atoms with E-state index in [4.69, 9.17) is 15.2 Å². The van der Waals surface area contributed by atoms with Crippen LogP contribution in [0.25, 0.3) is 0 Å². The number of carbonyl (C=O) groups is 1. The highest BCUT2D eigenvalue weighted by molar-refractivity contribution is 5.78. The zero-order valence-electron chi connectivity index (χ0n) is 15.9. The van der Waals surface area contributed by atoms with Crippen LogP contribution in [0.1, 0.15) is 26.3 Å². The lowest BCUT2D eigenvalue weighted by atomic mass is 10.2. The van der Waals surface area contributed by atoms with Crippen LogP contribution in [0.5, 0.6) is 11.5 Å². The molecule has 1 fully saturated rings. The van der Waals surface area contributed by atoms with Crippen LogP contribution in [0.4, 0.5) is 4.79 Å². The van der Waals surface area contributed by atoms with Crippen LogP contribution in [0.2, 0.25) is 0 Å². The summed E-state index contributed by atoms with van der Waals surface area (Å²) in [5, 5.41) is 10.1. The van der Waals surface area contributed by atoms with E-state index in [1.165, 1.54) is 7.11 Å². The Hall–Kier alpha value is -2.64. The van der Waals surface area contributed by atoms with E-state index >= 15 is 0 Å². The number of methoxy groups -OCH3 is 1. The number of carbonyl (C=O) groups excluding carboxylic acids is 1. The van der Waals surface area contributed by atoms with Gasteiger partial charge in [-0.05, 0) is 26.8 Å². The molecule has 0 aliphatic carbocycles. The number of hydrogen-bond donors (Lipinski definition) is 2. The summed E-state index contributed by atoms with van der Waals surface area (Å²) in [6, 6.07) is 5.25. The standard InChI is InChI=1S/C18H28N4O4/c1-18(2,3)26-17(24)22-10-8-21(9-11-22)16(19)20-12-13-6-5-7-14(25-4)15(13)23/h5-7,23H,8-12H2,1-4H3,(H2,19,20). The van der Waals surface area contributed by atoms with Gasteiger partial charge >= 0.3 is 6.09 Å². The Morgan fingerprint density at radius 3 is 2.42 bits per heavy atom. The van der Waals surface area contributed by atoms with Crippen LogP contribution >= 0.6 is 0 Å². The molecule has 0 bridgehead atoms. The van der Waals surface area contributed by atoms with Gasteiger partial charge in [0.15, 0.2) is 17.5 Å². The average Bonchev–Trinajstić information content (AvgIpc) is 2.59. The van der Waals surface area contributed by atoms with E-state index in [-0.39, 0.29) is 18.4 Å². The number of rotatable bonds is 3. The summed E-state index contributed by atoms with van der Waals surface area (Å²) >= 11 is 0. The fourth-order valence-electron chi connectivity index (χ4n) is 2.57. The van der Waals surface area contributed by atoms with Gasteiger partial charge in [0.2, 0.25) is 0 Å². The van der Waals surface area contributed by atoms with E-state index in [1.807, 2.05) is 25.7 Å². The van der Waals surface area contributed by atoms with Gasteiger partial charge in [-0.25, -0.2) is 9.79 Å². The van der Waals surface area contributed by atoms with Crippen molar-refractivity contribution in [2.24, 2.45) is 10.7 Å². The zero-order chi connectivity index (χ0) is 19.3. The number of phenolic OH excluding ortho intramolecular Hbond substituents is 1. The highest BCUT2D eigenvalue weighted by atomic mass is 16.6. The Morgan fingerprint density at radius 2 is 1.85 bits per heavy atom. The van der Waals surface area contributed by atoms with Crippen LogP contribution in [0, 0.1) is 0 Å². The van der Waals surface area contributed by atoms with Gasteiger partial charge in [0, 0.05) is 31.7 Å². The van der Waals surface area contributed by atoms with Gasteiger partial charge in [-0.3, -0.25) is 0 Å². The molecule has 1 aliphatic heterocycles. The molecule has 8 nitrogen and oxygen atoms in total. The first-order valence-electron chi connectivity index (χ1n) is 8.59. The number of benzene rings is 1. The minimum atomic E-state index is -0.507. The summed E-state index contributed by atoms with van der Waals surface area (Å²) in [6.07, 6.45) is -0.311. The lowest BCUT2D eigenvalue weighted by Gasteiger charge is -2.36. The van der Waals surface area contributed by atoms with E-state index in [9.17, 15) is 9.90 Å². The molecular formula is C18H28N4O4. The Bertz CT molecular complexity index is 662. The maximum atomic E-state index is 12.1. The quantitative estimate of drug-likeness (QED) is 0.626. The van der Waals surface area contributed by atoms with Crippen LogP contribution in [-0.4, -0.2) is 65.8 Å². The lowest BCUT2D eigenvalue weighted by Crippen LogP contribution is -2.53. The minimum absolute atomic E-state index is 0.0706. The van der Waals surface area contributed by atoms with Gasteiger partial charge in [0.25, 0.3) is 0 Å². The maximum absolute atomic E-state index is 12.1. The average molecular weight is 364 g/mol. The van der Waals surface area contributed by atoms with E-state index in [0.717, 1.165) is 0 Å². The minimum Gasteiger partial charge on any atom is -0.504 e. The molecule has 1 amide bonds. The molecule has 0 aromatic heterocycles. The van der Waals surface area contributed by atoms with E-state index in [2.05, 4.69) is 4.99 Å². The Kier molecular flexibility index (Phi) is 6.18. The molecule has 1 aromatic rings. The fraction of sp³-hybridized carbons (Fsp3) is 0.556. The molecule has 0 spiro atoms. The second-order valence-corrected chi connectivity index (χ2v) is 7.10. The molecular weight excluding hydrogens is 336 g/mol. The van der Waals surface area contributed by atoms with Crippen LogP contribution < -0.4 is 10.5 Å². The molecule has 0 saturated carbocycles. The van der Waals surface area contributed by atoms with Crippen molar-refractivity contribution in [2.75, 3.05) is 33.3 Å². The number of amides is 1. The normalized spacial score (nSPS) is 15.8. The second-order valence-electron chi connectivity index (χ2n) is 7.10. The number of para-hydroxylation sites is 1. The fourth-order valence-corrected chi connectivity index (χ4v) is 2.57. The molecule has 1 saturated heterocycles. The molecule has 8 heteroatoms. The summed E-state index contributed by atoms with van der Waals surface area (Å²) in [5.41, 5.74) is 6.20. The van der Waals surface area contributed by atoms with Crippen LogP contribution in [0.15, 0.2) is 23.2 Å². The van der Waals surface area contributed by atoms with Gasteiger partial charge in [0.05, 0.1) is 13.7 Å². The highest BCUT2D eigenvalue weighted by Crippen LogP contribution is 2.29. The number of nitrogens with zero attached hydrogens (tertiary/aromatic N) is 3. The highest BCUT2D eigenvalue weighted by Gasteiger charge is 2.26. The first-order valence-corrected chi connectivity index (χ1v) is 8.59. The van der Waals surface area contributed by atoms with Crippen molar-refractivity contribution in [3.05, 3.63) is 23.8 Å². The largest absolute Gasteiger partial charge is 0.504 e. The van der Waals surface area contributed by atoms with Crippen molar-refractivity contribution in [2.45, 2.75) is 32.9 Å². The first kappa shape index (κ1) is 19.7. The molecule has 144 valence electrons. The number of aromatic hydroxyl groups is 1. The molecule has 1 aliphatic rings. The van der Waals surface area contributed by atoms with Gasteiger partial charge in [-0.1, -0.05) is 12.1 Å². The number of guanidine groups is 1. The molecule has 2 rings (SSSR count). The Labute approximate surface area is 154 Å². The second kappa shape index (κ2) is 8.16. The van der Waals surface area contributed by atoms with Crippen LogP contribution in [-0.2, 0) is 11.3 Å². The molecule has 0 atom stereocenters. The molecule has 26 heavy (non-hydrogen) atoms. The SMILES string of the molecule is COc1cccc(CN=C(N)N2CCN(C(=O)OC(C)(C)C)CC2)c1O. The smallest absolute Gasteiger partial charge is 0.410 e. The molecule has 1 heterocycles. The van der Waals surface area contributed by atoms with Crippen molar-refractivity contribution < 1.29 is 19.4 Å². The van der Waals surface area contributed by atoms with E-state index in [0.29, 0.717) is 43.5 Å². The molecule has 3 N–H and O–H groups in total. The third-order valence-corrected chi connectivity index (χ3v) is 3.97. The third kappa shape index (κ3) is 5.18. The predicted octanol–water partition coefficient (Wildman–Crippen LogP) is 1.77. The Balaban J connectivity index is 1.91. The number of phenols is 1. The summed E-state index contributed by atoms with van der Waals surface area (Å²) in [5.74, 6) is 0.861. The van der Waals surface area contributed by atoms with Crippen molar-refractivity contribution >= 4 is 12.1 Å². The zero-order valence-corrected chi connectivity index (χ0v) is 15.9. The van der Waals surface area contributed by atoms with Crippen molar-refractivity contribution in [1.82, 2.24) is 9.80 Å². The van der Waals surface area contributed by atoms with Crippen molar-refractivity contribution in [1.29, 1.82) is 0 Å². The van der Waals surface area contributed by atoms with Crippen LogP contribution in [0.3, 0.4) is 0 Å². The number of aliphatic imine (C=N–C) groups is 1. The number of ether oxygens (including phenoxy) is 2. The van der Waals surface area contributed by atoms with E-state index < -0.39 is 5.60 Å². The molecule has 1 aromatic carbocycles. The van der Waals surface area contributed by atoms with E-state index in [1.54, 1.807) is 23.1 Å². The maximum Gasteiger partial charge on any atom is 0.410 e. The van der Waals surface area contributed by atoms with Gasteiger partial charge in [0.1, 0.15) is 5.60 Å².